The van der Waals surface area contributed by atoms with Gasteiger partial charge in [0.1, 0.15) is 22.4 Å². The first-order valence-corrected chi connectivity index (χ1v) is 10.5. The number of rotatable bonds is 5. The minimum atomic E-state index is -0.465. The number of esters is 2. The average molecular weight is 407 g/mol. The Morgan fingerprint density at radius 3 is 2.61 bits per heavy atom. The van der Waals surface area contributed by atoms with Crippen molar-refractivity contribution in [1.29, 1.82) is 0 Å². The van der Waals surface area contributed by atoms with Crippen LogP contribution in [0.15, 0.2) is 11.1 Å². The van der Waals surface area contributed by atoms with Gasteiger partial charge in [-0.3, -0.25) is 14.2 Å². The van der Waals surface area contributed by atoms with Gasteiger partial charge in [0.2, 0.25) is 0 Å². The third-order valence-electron chi connectivity index (χ3n) is 5.01. The molecule has 1 fully saturated rings. The molecule has 8 heteroatoms. The van der Waals surface area contributed by atoms with E-state index >= 15 is 0 Å². The first-order valence-electron chi connectivity index (χ1n) is 9.65. The van der Waals surface area contributed by atoms with Crippen molar-refractivity contribution in [1.82, 2.24) is 9.55 Å². The molecule has 1 saturated carbocycles. The molecule has 0 unspecified atom stereocenters. The summed E-state index contributed by atoms with van der Waals surface area (Å²) in [6.07, 6.45) is 4.84. The summed E-state index contributed by atoms with van der Waals surface area (Å²) in [5.74, 6) is -0.232. The van der Waals surface area contributed by atoms with Crippen molar-refractivity contribution >= 4 is 33.5 Å². The van der Waals surface area contributed by atoms with E-state index in [9.17, 15) is 14.4 Å². The lowest BCUT2D eigenvalue weighted by Gasteiger charge is -2.26. The Balaban J connectivity index is 1.78. The van der Waals surface area contributed by atoms with E-state index in [1.54, 1.807) is 20.8 Å². The predicted octanol–water partition coefficient (Wildman–Crippen LogP) is 3.45. The summed E-state index contributed by atoms with van der Waals surface area (Å²) in [5.41, 5.74) is 0.184. The lowest BCUT2D eigenvalue weighted by molar-refractivity contribution is -0.151. The van der Waals surface area contributed by atoms with Crippen LogP contribution in [0.5, 0.6) is 0 Å². The predicted molar refractivity (Wildman–Crippen MR) is 107 cm³/mol. The third kappa shape index (κ3) is 4.43. The van der Waals surface area contributed by atoms with E-state index in [1.165, 1.54) is 10.9 Å². The molecule has 0 N–H and O–H groups in total. The van der Waals surface area contributed by atoms with Crippen LogP contribution in [0.3, 0.4) is 0 Å². The maximum absolute atomic E-state index is 12.8. The lowest BCUT2D eigenvalue weighted by Crippen LogP contribution is -2.29. The molecule has 0 atom stereocenters. The SMILES string of the molecule is Cc1c(C(=O)OC(C)C)sc2ncn(CC(=O)OC3CCC(C)CC3)c(=O)c12. The number of nitrogens with zero attached hydrogens (tertiary/aromatic N) is 2. The molecule has 3 rings (SSSR count). The van der Waals surface area contributed by atoms with Gasteiger partial charge in [0.25, 0.3) is 5.56 Å². The quantitative estimate of drug-likeness (QED) is 0.707. The van der Waals surface area contributed by atoms with Gasteiger partial charge in [0.05, 0.1) is 17.8 Å². The zero-order valence-corrected chi connectivity index (χ0v) is 17.5. The molecule has 7 nitrogen and oxygen atoms in total. The van der Waals surface area contributed by atoms with Crippen molar-refractivity contribution in [2.24, 2.45) is 5.92 Å². The summed E-state index contributed by atoms with van der Waals surface area (Å²) in [6.45, 7) is 7.25. The number of ether oxygens (including phenoxy) is 2. The van der Waals surface area contributed by atoms with Gasteiger partial charge >= 0.3 is 11.9 Å². The van der Waals surface area contributed by atoms with Crippen LogP contribution >= 0.6 is 11.3 Å². The molecule has 2 aromatic heterocycles. The molecule has 0 bridgehead atoms. The number of hydrogen-bond donors (Lipinski definition) is 0. The number of fused-ring (bicyclic) bond motifs is 1. The summed E-state index contributed by atoms with van der Waals surface area (Å²) in [4.78, 5) is 42.5. The van der Waals surface area contributed by atoms with Crippen molar-refractivity contribution in [3.63, 3.8) is 0 Å². The fourth-order valence-electron chi connectivity index (χ4n) is 3.44. The van der Waals surface area contributed by atoms with Crippen LogP contribution in [0.2, 0.25) is 0 Å². The second-order valence-corrected chi connectivity index (χ2v) is 8.74. The Bertz CT molecular complexity index is 938. The Labute approximate surface area is 167 Å². The van der Waals surface area contributed by atoms with Crippen molar-refractivity contribution in [2.75, 3.05) is 0 Å². The standard InChI is InChI=1S/C20H26N2O5S/c1-11(2)26-20(25)17-13(4)16-18(28-17)21-10-22(19(16)24)9-15(23)27-14-7-5-12(3)6-8-14/h10-12,14H,5-9H2,1-4H3. The first kappa shape index (κ1) is 20.5. The van der Waals surface area contributed by atoms with Gasteiger partial charge in [-0.1, -0.05) is 6.92 Å². The number of aromatic nitrogens is 2. The summed E-state index contributed by atoms with van der Waals surface area (Å²) in [5, 5.41) is 0.350. The van der Waals surface area contributed by atoms with E-state index in [0.29, 0.717) is 26.6 Å². The van der Waals surface area contributed by atoms with E-state index in [1.807, 2.05) is 0 Å². The average Bonchev–Trinajstić information content (AvgIpc) is 2.96. The van der Waals surface area contributed by atoms with Crippen LogP contribution in [0.1, 0.15) is 61.7 Å². The van der Waals surface area contributed by atoms with Gasteiger partial charge in [-0.25, -0.2) is 9.78 Å². The minimum Gasteiger partial charge on any atom is -0.461 e. The van der Waals surface area contributed by atoms with Crippen molar-refractivity contribution in [3.05, 3.63) is 27.1 Å². The minimum absolute atomic E-state index is 0.0728. The smallest absolute Gasteiger partial charge is 0.348 e. The second-order valence-electron chi connectivity index (χ2n) is 7.74. The Morgan fingerprint density at radius 1 is 1.29 bits per heavy atom. The van der Waals surface area contributed by atoms with Crippen LogP contribution in [0.25, 0.3) is 10.2 Å². The molecule has 0 radical (unpaired) electrons. The van der Waals surface area contributed by atoms with Crippen LogP contribution in [0.4, 0.5) is 0 Å². The van der Waals surface area contributed by atoms with Crippen molar-refractivity contribution in [3.8, 4) is 0 Å². The molecule has 0 spiro atoms. The van der Waals surface area contributed by atoms with E-state index in [2.05, 4.69) is 11.9 Å². The molecule has 0 aliphatic heterocycles. The van der Waals surface area contributed by atoms with E-state index < -0.39 is 11.9 Å². The number of carbonyl (C=O) groups is 2. The molecule has 1 aliphatic carbocycles. The highest BCUT2D eigenvalue weighted by atomic mass is 32.1. The third-order valence-corrected chi connectivity index (χ3v) is 6.19. The summed E-state index contributed by atoms with van der Waals surface area (Å²) in [7, 11) is 0. The highest BCUT2D eigenvalue weighted by molar-refractivity contribution is 7.20. The highest BCUT2D eigenvalue weighted by Gasteiger charge is 2.24. The van der Waals surface area contributed by atoms with Gasteiger partial charge in [-0.15, -0.1) is 11.3 Å². The van der Waals surface area contributed by atoms with E-state index in [0.717, 1.165) is 37.0 Å². The number of aryl methyl sites for hydroxylation is 1. The molecule has 152 valence electrons. The topological polar surface area (TPSA) is 87.5 Å². The maximum atomic E-state index is 12.8. The maximum Gasteiger partial charge on any atom is 0.348 e. The van der Waals surface area contributed by atoms with Gasteiger partial charge in [0.15, 0.2) is 0 Å². The fraction of sp³-hybridized carbons (Fsp3) is 0.600. The molecule has 0 saturated heterocycles. The second kappa shape index (κ2) is 8.43. The van der Waals surface area contributed by atoms with Crippen LogP contribution in [0, 0.1) is 12.8 Å². The molecular formula is C20H26N2O5S. The molecule has 2 heterocycles. The van der Waals surface area contributed by atoms with Gasteiger partial charge in [0, 0.05) is 0 Å². The number of hydrogen-bond acceptors (Lipinski definition) is 7. The Hall–Kier alpha value is -2.22. The Morgan fingerprint density at radius 2 is 1.96 bits per heavy atom. The lowest BCUT2D eigenvalue weighted by atomic mass is 9.89. The molecule has 28 heavy (non-hydrogen) atoms. The zero-order valence-electron chi connectivity index (χ0n) is 16.7. The summed E-state index contributed by atoms with van der Waals surface area (Å²) >= 11 is 1.13. The van der Waals surface area contributed by atoms with Gasteiger partial charge < -0.3 is 9.47 Å². The van der Waals surface area contributed by atoms with Crippen LogP contribution in [-0.2, 0) is 20.8 Å². The first-order chi connectivity index (χ1) is 13.3. The molecule has 2 aromatic rings. The molecular weight excluding hydrogens is 380 g/mol. The van der Waals surface area contributed by atoms with Gasteiger partial charge in [-0.05, 0) is 57.9 Å². The van der Waals surface area contributed by atoms with Crippen LogP contribution < -0.4 is 5.56 Å². The number of thiophene rings is 1. The monoisotopic (exact) mass is 406 g/mol. The molecule has 0 aromatic carbocycles. The largest absolute Gasteiger partial charge is 0.461 e. The van der Waals surface area contributed by atoms with Crippen LogP contribution in [-0.4, -0.2) is 33.7 Å². The van der Waals surface area contributed by atoms with Gasteiger partial charge in [-0.2, -0.15) is 0 Å². The Kier molecular flexibility index (Phi) is 6.17. The fourth-order valence-corrected chi connectivity index (χ4v) is 4.47. The highest BCUT2D eigenvalue weighted by Crippen LogP contribution is 2.28. The zero-order chi connectivity index (χ0) is 20.4. The molecule has 0 amide bonds. The van der Waals surface area contributed by atoms with Crippen molar-refractivity contribution < 1.29 is 19.1 Å². The van der Waals surface area contributed by atoms with Crippen molar-refractivity contribution in [2.45, 2.75) is 72.1 Å². The van der Waals surface area contributed by atoms with E-state index in [4.69, 9.17) is 9.47 Å². The molecule has 1 aliphatic rings. The summed E-state index contributed by atoms with van der Waals surface area (Å²) < 4.78 is 12.0. The normalized spacial score (nSPS) is 19.8. The van der Waals surface area contributed by atoms with E-state index in [-0.39, 0.29) is 24.3 Å². The number of carbonyl (C=O) groups excluding carboxylic acids is 2. The summed E-state index contributed by atoms with van der Waals surface area (Å²) in [6, 6.07) is 0.